The van der Waals surface area contributed by atoms with Crippen LogP contribution in [0.15, 0.2) is 24.3 Å². The number of urea groups is 1. The molecule has 1 aromatic rings. The second kappa shape index (κ2) is 5.39. The first-order valence-electron chi connectivity index (χ1n) is 7.52. The van der Waals surface area contributed by atoms with Crippen molar-refractivity contribution in [1.29, 1.82) is 0 Å². The number of nitrogens with zero attached hydrogens (tertiary/aromatic N) is 1. The molecule has 1 aliphatic heterocycles. The van der Waals surface area contributed by atoms with Crippen LogP contribution >= 0.6 is 0 Å². The number of carbonyl (C=O) groups is 2. The summed E-state index contributed by atoms with van der Waals surface area (Å²) in [4.78, 5) is 25.2. The molecule has 2 amide bonds. The minimum atomic E-state index is -0.757. The van der Waals surface area contributed by atoms with Gasteiger partial charge in [0.05, 0.1) is 5.41 Å². The Balaban J connectivity index is 1.65. The Kier molecular flexibility index (Phi) is 3.57. The molecule has 1 heterocycles. The van der Waals surface area contributed by atoms with Crippen LogP contribution in [0.4, 0.5) is 10.5 Å². The predicted molar refractivity (Wildman–Crippen MR) is 79.4 cm³/mol. The molecule has 2 N–H and O–H groups in total. The topological polar surface area (TPSA) is 69.6 Å². The number of anilines is 1. The Hall–Kier alpha value is -2.04. The largest absolute Gasteiger partial charge is 0.481 e. The van der Waals surface area contributed by atoms with Crippen molar-refractivity contribution in [3.8, 4) is 0 Å². The molecule has 0 aromatic heterocycles. The third-order valence-corrected chi connectivity index (χ3v) is 4.49. The maximum absolute atomic E-state index is 12.1. The number of carboxylic acid groups (broad SMARTS) is 1. The van der Waals surface area contributed by atoms with Crippen LogP contribution in [-0.4, -0.2) is 35.1 Å². The number of amides is 2. The van der Waals surface area contributed by atoms with Crippen LogP contribution in [0.5, 0.6) is 0 Å². The van der Waals surface area contributed by atoms with Crippen molar-refractivity contribution in [1.82, 2.24) is 4.90 Å². The summed E-state index contributed by atoms with van der Waals surface area (Å²) >= 11 is 0. The Morgan fingerprint density at radius 1 is 1.05 bits per heavy atom. The minimum Gasteiger partial charge on any atom is -0.481 e. The molecule has 3 rings (SSSR count). The van der Waals surface area contributed by atoms with E-state index in [1.54, 1.807) is 12.1 Å². The number of benzene rings is 1. The van der Waals surface area contributed by atoms with Gasteiger partial charge in [-0.15, -0.1) is 0 Å². The number of aliphatic carboxylic acids is 1. The summed E-state index contributed by atoms with van der Waals surface area (Å²) in [6, 6.07) is 7.14. The van der Waals surface area contributed by atoms with Gasteiger partial charge in [0.15, 0.2) is 0 Å². The maximum Gasteiger partial charge on any atom is 0.321 e. The zero-order chi connectivity index (χ0) is 14.9. The van der Waals surface area contributed by atoms with Crippen LogP contribution in [0.3, 0.4) is 0 Å². The monoisotopic (exact) mass is 288 g/mol. The molecular weight excluding hydrogens is 268 g/mol. The van der Waals surface area contributed by atoms with Crippen LogP contribution in [0.1, 0.15) is 37.7 Å². The highest BCUT2D eigenvalue weighted by Crippen LogP contribution is 2.48. The van der Waals surface area contributed by atoms with E-state index in [2.05, 4.69) is 5.32 Å². The predicted octanol–water partition coefficient (Wildman–Crippen LogP) is 2.82. The number of rotatable bonds is 3. The molecule has 21 heavy (non-hydrogen) atoms. The van der Waals surface area contributed by atoms with E-state index in [9.17, 15) is 14.7 Å². The highest BCUT2D eigenvalue weighted by atomic mass is 16.4. The zero-order valence-electron chi connectivity index (χ0n) is 12.0. The van der Waals surface area contributed by atoms with Crippen LogP contribution in [-0.2, 0) is 10.2 Å². The smallest absolute Gasteiger partial charge is 0.321 e. The van der Waals surface area contributed by atoms with Crippen molar-refractivity contribution in [2.45, 2.75) is 37.5 Å². The Morgan fingerprint density at radius 3 is 2.19 bits per heavy atom. The van der Waals surface area contributed by atoms with Gasteiger partial charge in [0, 0.05) is 18.8 Å². The molecule has 0 spiro atoms. The van der Waals surface area contributed by atoms with Crippen molar-refractivity contribution >= 4 is 17.7 Å². The number of hydrogen-bond donors (Lipinski definition) is 2. The molecule has 5 heteroatoms. The number of carbonyl (C=O) groups excluding carboxylic acids is 1. The molecule has 2 aliphatic rings. The average molecular weight is 288 g/mol. The molecule has 0 unspecified atom stereocenters. The molecule has 5 nitrogen and oxygen atoms in total. The summed E-state index contributed by atoms with van der Waals surface area (Å²) in [6.45, 7) is 1.62. The highest BCUT2D eigenvalue weighted by molar-refractivity contribution is 5.90. The van der Waals surface area contributed by atoms with Crippen LogP contribution in [0, 0.1) is 0 Å². The normalized spacial score (nSPS) is 19.9. The SMILES string of the molecule is O=C(Nc1ccc(C2(C(=O)O)CC2)cc1)N1CCCCC1. The number of hydrogen-bond acceptors (Lipinski definition) is 2. The van der Waals surface area contributed by atoms with Gasteiger partial charge in [0.25, 0.3) is 0 Å². The quantitative estimate of drug-likeness (QED) is 0.898. The van der Waals surface area contributed by atoms with Crippen molar-refractivity contribution < 1.29 is 14.7 Å². The van der Waals surface area contributed by atoms with Crippen molar-refractivity contribution in [3.63, 3.8) is 0 Å². The number of carboxylic acids is 1. The number of piperidine rings is 1. The van der Waals surface area contributed by atoms with Crippen molar-refractivity contribution in [3.05, 3.63) is 29.8 Å². The van der Waals surface area contributed by atoms with E-state index in [0.29, 0.717) is 12.8 Å². The van der Waals surface area contributed by atoms with Gasteiger partial charge in [0.2, 0.25) is 0 Å². The van der Waals surface area contributed by atoms with Crippen LogP contribution in [0.25, 0.3) is 0 Å². The van der Waals surface area contributed by atoms with Crippen LogP contribution in [0.2, 0.25) is 0 Å². The molecule has 0 radical (unpaired) electrons. The van der Waals surface area contributed by atoms with E-state index in [1.165, 1.54) is 6.42 Å². The second-order valence-electron chi connectivity index (χ2n) is 5.94. The van der Waals surface area contributed by atoms with Gasteiger partial charge < -0.3 is 15.3 Å². The third kappa shape index (κ3) is 2.73. The van der Waals surface area contributed by atoms with Crippen molar-refractivity contribution in [2.75, 3.05) is 18.4 Å². The molecule has 1 saturated heterocycles. The second-order valence-corrected chi connectivity index (χ2v) is 5.94. The fraction of sp³-hybridized carbons (Fsp3) is 0.500. The first-order valence-corrected chi connectivity index (χ1v) is 7.52. The molecule has 1 saturated carbocycles. The average Bonchev–Trinajstić information content (AvgIpc) is 3.31. The van der Waals surface area contributed by atoms with Gasteiger partial charge in [-0.3, -0.25) is 4.79 Å². The lowest BCUT2D eigenvalue weighted by atomic mass is 9.96. The molecule has 1 aliphatic carbocycles. The minimum absolute atomic E-state index is 0.0678. The van der Waals surface area contributed by atoms with Gasteiger partial charge in [-0.25, -0.2) is 4.79 Å². The Morgan fingerprint density at radius 2 is 1.67 bits per heavy atom. The van der Waals surface area contributed by atoms with E-state index in [4.69, 9.17) is 0 Å². The molecule has 1 aromatic carbocycles. The van der Waals surface area contributed by atoms with E-state index < -0.39 is 11.4 Å². The van der Waals surface area contributed by atoms with Gasteiger partial charge in [-0.1, -0.05) is 12.1 Å². The summed E-state index contributed by atoms with van der Waals surface area (Å²) in [5.41, 5.74) is 0.858. The summed E-state index contributed by atoms with van der Waals surface area (Å²) in [5.74, 6) is -0.757. The fourth-order valence-corrected chi connectivity index (χ4v) is 2.92. The molecule has 0 bridgehead atoms. The highest BCUT2D eigenvalue weighted by Gasteiger charge is 2.51. The van der Waals surface area contributed by atoms with Gasteiger partial charge in [-0.05, 0) is 49.8 Å². The van der Waals surface area contributed by atoms with E-state index in [1.807, 2.05) is 17.0 Å². The third-order valence-electron chi connectivity index (χ3n) is 4.49. The van der Waals surface area contributed by atoms with Crippen molar-refractivity contribution in [2.24, 2.45) is 0 Å². The van der Waals surface area contributed by atoms with E-state index in [-0.39, 0.29) is 6.03 Å². The molecule has 112 valence electrons. The molecule has 2 fully saturated rings. The lowest BCUT2D eigenvalue weighted by Gasteiger charge is -2.26. The Bertz CT molecular complexity index is 543. The molecule has 0 atom stereocenters. The van der Waals surface area contributed by atoms with E-state index >= 15 is 0 Å². The standard InChI is InChI=1S/C16H20N2O3/c19-14(20)16(8-9-16)12-4-6-13(7-5-12)17-15(21)18-10-2-1-3-11-18/h4-7H,1-3,8-11H2,(H,17,21)(H,19,20). The van der Waals surface area contributed by atoms with Crippen LogP contribution < -0.4 is 5.32 Å². The summed E-state index contributed by atoms with van der Waals surface area (Å²) in [7, 11) is 0. The molecular formula is C16H20N2O3. The maximum atomic E-state index is 12.1. The fourth-order valence-electron chi connectivity index (χ4n) is 2.92. The van der Waals surface area contributed by atoms with Gasteiger partial charge in [0.1, 0.15) is 0 Å². The Labute approximate surface area is 123 Å². The first kappa shape index (κ1) is 13.9. The van der Waals surface area contributed by atoms with E-state index in [0.717, 1.165) is 37.2 Å². The lowest BCUT2D eigenvalue weighted by Crippen LogP contribution is -2.38. The lowest BCUT2D eigenvalue weighted by molar-refractivity contribution is -0.140. The first-order chi connectivity index (χ1) is 10.1. The summed E-state index contributed by atoms with van der Waals surface area (Å²) < 4.78 is 0. The van der Waals surface area contributed by atoms with Gasteiger partial charge in [-0.2, -0.15) is 0 Å². The number of nitrogens with one attached hydrogen (secondary N) is 1. The summed E-state index contributed by atoms with van der Waals surface area (Å²) in [5, 5.41) is 12.1. The summed E-state index contributed by atoms with van der Waals surface area (Å²) in [6.07, 6.45) is 4.71. The number of likely N-dealkylation sites (tertiary alicyclic amines) is 1. The zero-order valence-corrected chi connectivity index (χ0v) is 12.0. The van der Waals surface area contributed by atoms with Gasteiger partial charge >= 0.3 is 12.0 Å².